The second-order valence-electron chi connectivity index (χ2n) is 6.55. The van der Waals surface area contributed by atoms with Crippen molar-refractivity contribution < 1.29 is 14.7 Å². The van der Waals surface area contributed by atoms with E-state index in [-0.39, 0.29) is 17.9 Å². The molecule has 5 nitrogen and oxygen atoms in total. The molecule has 2 aliphatic rings. The summed E-state index contributed by atoms with van der Waals surface area (Å²) in [5.41, 5.74) is 0.967. The first-order valence-corrected chi connectivity index (χ1v) is 7.91. The summed E-state index contributed by atoms with van der Waals surface area (Å²) in [5, 5.41) is 12.1. The number of nitrogens with zero attached hydrogens (tertiary/aromatic N) is 1. The van der Waals surface area contributed by atoms with Crippen LogP contribution in [0.1, 0.15) is 51.9 Å². The van der Waals surface area contributed by atoms with Gasteiger partial charge in [0.05, 0.1) is 6.42 Å². The number of carbonyl (C=O) groups excluding carboxylic acids is 1. The Morgan fingerprint density at radius 3 is 2.67 bits per heavy atom. The molecular weight excluding hydrogens is 268 g/mol. The van der Waals surface area contributed by atoms with Crippen molar-refractivity contribution in [1.82, 2.24) is 10.2 Å². The van der Waals surface area contributed by atoms with Crippen LogP contribution in [0.3, 0.4) is 0 Å². The highest BCUT2D eigenvalue weighted by atomic mass is 16.4. The minimum atomic E-state index is -0.761. The Labute approximate surface area is 126 Å². The van der Waals surface area contributed by atoms with E-state index in [0.717, 1.165) is 38.6 Å². The van der Waals surface area contributed by atoms with Crippen LogP contribution < -0.4 is 5.32 Å². The third-order valence-electron chi connectivity index (χ3n) is 4.67. The Hall–Kier alpha value is -1.52. The maximum absolute atomic E-state index is 12.3. The zero-order chi connectivity index (χ0) is 15.3. The van der Waals surface area contributed by atoms with Crippen molar-refractivity contribution >= 4 is 12.0 Å². The summed E-state index contributed by atoms with van der Waals surface area (Å²) >= 11 is 0. The first-order valence-electron chi connectivity index (χ1n) is 7.91. The molecule has 21 heavy (non-hydrogen) atoms. The van der Waals surface area contributed by atoms with Gasteiger partial charge in [-0.25, -0.2) is 4.79 Å². The van der Waals surface area contributed by atoms with Crippen LogP contribution in [0.2, 0.25) is 0 Å². The maximum Gasteiger partial charge on any atom is 0.317 e. The van der Waals surface area contributed by atoms with Crippen molar-refractivity contribution in [2.24, 2.45) is 5.41 Å². The summed E-state index contributed by atoms with van der Waals surface area (Å²) < 4.78 is 0. The number of hydrogen-bond donors (Lipinski definition) is 2. The van der Waals surface area contributed by atoms with Crippen molar-refractivity contribution in [3.63, 3.8) is 0 Å². The summed E-state index contributed by atoms with van der Waals surface area (Å²) in [6.07, 6.45) is 8.33. The molecule has 0 atom stereocenters. The van der Waals surface area contributed by atoms with Gasteiger partial charge in [-0.2, -0.15) is 0 Å². The lowest BCUT2D eigenvalue weighted by Crippen LogP contribution is -2.47. The lowest BCUT2D eigenvalue weighted by Gasteiger charge is -2.37. The van der Waals surface area contributed by atoms with Crippen molar-refractivity contribution in [1.29, 1.82) is 0 Å². The fraction of sp³-hybridized carbons (Fsp3) is 0.750. The van der Waals surface area contributed by atoms with Crippen LogP contribution in [-0.4, -0.2) is 41.6 Å². The van der Waals surface area contributed by atoms with Crippen LogP contribution in [0.25, 0.3) is 0 Å². The van der Waals surface area contributed by atoms with Gasteiger partial charge in [0.15, 0.2) is 0 Å². The quantitative estimate of drug-likeness (QED) is 0.783. The standard InChI is InChI=1S/C16H26N2O3/c1-13-6-5-9-18(11-13)15(21)17-12-16(10-14(19)20)7-3-2-4-8-16/h6H,2-5,7-12H2,1H3,(H,17,21)(H,19,20). The van der Waals surface area contributed by atoms with E-state index in [1.807, 2.05) is 11.8 Å². The number of hydrogen-bond acceptors (Lipinski definition) is 2. The largest absolute Gasteiger partial charge is 0.481 e. The van der Waals surface area contributed by atoms with Crippen LogP contribution in [0.4, 0.5) is 4.79 Å². The minimum Gasteiger partial charge on any atom is -0.481 e. The normalized spacial score (nSPS) is 21.6. The molecule has 1 aliphatic heterocycles. The number of rotatable bonds is 4. The molecule has 0 bridgehead atoms. The number of aliphatic carboxylic acids is 1. The molecule has 2 amide bonds. The second-order valence-corrected chi connectivity index (χ2v) is 6.55. The van der Waals surface area contributed by atoms with E-state index in [1.165, 1.54) is 12.0 Å². The van der Waals surface area contributed by atoms with Crippen LogP contribution in [0.15, 0.2) is 11.6 Å². The maximum atomic E-state index is 12.3. The molecule has 2 rings (SSSR count). The van der Waals surface area contributed by atoms with E-state index in [0.29, 0.717) is 13.1 Å². The van der Waals surface area contributed by atoms with E-state index in [1.54, 1.807) is 0 Å². The van der Waals surface area contributed by atoms with Gasteiger partial charge in [0, 0.05) is 19.6 Å². The smallest absolute Gasteiger partial charge is 0.317 e. The zero-order valence-electron chi connectivity index (χ0n) is 12.9. The van der Waals surface area contributed by atoms with Gasteiger partial charge in [0.1, 0.15) is 0 Å². The van der Waals surface area contributed by atoms with Gasteiger partial charge in [-0.05, 0) is 31.6 Å². The highest BCUT2D eigenvalue weighted by Gasteiger charge is 2.35. The molecule has 0 saturated heterocycles. The molecule has 2 N–H and O–H groups in total. The second kappa shape index (κ2) is 6.96. The van der Waals surface area contributed by atoms with E-state index in [2.05, 4.69) is 11.4 Å². The first-order chi connectivity index (χ1) is 10.0. The van der Waals surface area contributed by atoms with Crippen molar-refractivity contribution in [2.45, 2.75) is 51.9 Å². The third kappa shape index (κ3) is 4.48. The topological polar surface area (TPSA) is 69.6 Å². The molecule has 0 unspecified atom stereocenters. The van der Waals surface area contributed by atoms with Crippen molar-refractivity contribution in [2.75, 3.05) is 19.6 Å². The summed E-state index contributed by atoms with van der Waals surface area (Å²) in [4.78, 5) is 25.2. The summed E-state index contributed by atoms with van der Waals surface area (Å²) in [5.74, 6) is -0.761. The molecule has 0 aromatic carbocycles. The van der Waals surface area contributed by atoms with Gasteiger partial charge in [-0.15, -0.1) is 0 Å². The van der Waals surface area contributed by atoms with Crippen LogP contribution in [0, 0.1) is 5.41 Å². The van der Waals surface area contributed by atoms with Gasteiger partial charge >= 0.3 is 12.0 Å². The summed E-state index contributed by atoms with van der Waals surface area (Å²) in [6, 6.07) is -0.0576. The molecule has 0 spiro atoms. The predicted octanol–water partition coefficient (Wildman–Crippen LogP) is 2.77. The Bertz CT molecular complexity index is 425. The molecular formula is C16H26N2O3. The number of nitrogens with one attached hydrogen (secondary N) is 1. The zero-order valence-corrected chi connectivity index (χ0v) is 12.9. The van der Waals surface area contributed by atoms with E-state index >= 15 is 0 Å². The molecule has 5 heteroatoms. The lowest BCUT2D eigenvalue weighted by atomic mass is 9.72. The monoisotopic (exact) mass is 294 g/mol. The molecule has 1 heterocycles. The van der Waals surface area contributed by atoms with Gasteiger partial charge < -0.3 is 15.3 Å². The molecule has 0 aromatic rings. The highest BCUT2D eigenvalue weighted by molar-refractivity contribution is 5.75. The highest BCUT2D eigenvalue weighted by Crippen LogP contribution is 2.38. The Kier molecular flexibility index (Phi) is 5.26. The molecule has 0 radical (unpaired) electrons. The first kappa shape index (κ1) is 15.9. The summed E-state index contributed by atoms with van der Waals surface area (Å²) in [6.45, 7) is 3.94. The Balaban J connectivity index is 1.90. The van der Waals surface area contributed by atoms with E-state index in [9.17, 15) is 9.59 Å². The van der Waals surface area contributed by atoms with E-state index < -0.39 is 5.97 Å². The average Bonchev–Trinajstić information content (AvgIpc) is 2.45. The Morgan fingerprint density at radius 1 is 1.33 bits per heavy atom. The van der Waals surface area contributed by atoms with Gasteiger partial charge in [-0.1, -0.05) is 30.9 Å². The van der Waals surface area contributed by atoms with Crippen LogP contribution in [-0.2, 0) is 4.79 Å². The molecule has 1 saturated carbocycles. The average molecular weight is 294 g/mol. The number of carboxylic acid groups (broad SMARTS) is 1. The SMILES string of the molecule is CC1=CCCN(C(=O)NCC2(CC(=O)O)CCCCC2)C1. The summed E-state index contributed by atoms with van der Waals surface area (Å²) in [7, 11) is 0. The lowest BCUT2D eigenvalue weighted by molar-refractivity contribution is -0.140. The van der Waals surface area contributed by atoms with Gasteiger partial charge in [0.2, 0.25) is 0 Å². The molecule has 118 valence electrons. The number of carbonyl (C=O) groups is 2. The number of urea groups is 1. The van der Waals surface area contributed by atoms with Gasteiger partial charge in [0.25, 0.3) is 0 Å². The van der Waals surface area contributed by atoms with Crippen LogP contribution >= 0.6 is 0 Å². The molecule has 1 aliphatic carbocycles. The Morgan fingerprint density at radius 2 is 2.05 bits per heavy atom. The van der Waals surface area contributed by atoms with Crippen molar-refractivity contribution in [3.05, 3.63) is 11.6 Å². The van der Waals surface area contributed by atoms with Gasteiger partial charge in [-0.3, -0.25) is 4.79 Å². The predicted molar refractivity (Wildman–Crippen MR) is 81.1 cm³/mol. The molecule has 0 aromatic heterocycles. The van der Waals surface area contributed by atoms with E-state index in [4.69, 9.17) is 5.11 Å². The number of amides is 2. The number of carboxylic acids is 1. The minimum absolute atomic E-state index is 0.0576. The molecule has 1 fully saturated rings. The fourth-order valence-electron chi connectivity index (χ4n) is 3.50. The van der Waals surface area contributed by atoms with Crippen molar-refractivity contribution in [3.8, 4) is 0 Å². The van der Waals surface area contributed by atoms with Crippen LogP contribution in [0.5, 0.6) is 0 Å². The fourth-order valence-corrected chi connectivity index (χ4v) is 3.50. The third-order valence-corrected chi connectivity index (χ3v) is 4.67.